The van der Waals surface area contributed by atoms with Gasteiger partial charge < -0.3 is 4.74 Å². The van der Waals surface area contributed by atoms with Gasteiger partial charge >= 0.3 is 0 Å². The van der Waals surface area contributed by atoms with Crippen molar-refractivity contribution in [3.63, 3.8) is 0 Å². The summed E-state index contributed by atoms with van der Waals surface area (Å²) in [6.45, 7) is 1.08. The first kappa shape index (κ1) is 17.7. The maximum Gasteiger partial charge on any atom is 0.262 e. The van der Waals surface area contributed by atoms with Gasteiger partial charge in [-0.1, -0.05) is 6.07 Å². The van der Waals surface area contributed by atoms with Gasteiger partial charge in [0.25, 0.3) is 5.56 Å². The van der Waals surface area contributed by atoms with Gasteiger partial charge in [-0.2, -0.15) is 4.98 Å². The molecule has 0 saturated heterocycles. The molecule has 0 spiro atoms. The molecule has 134 valence electrons. The lowest BCUT2D eigenvalue weighted by atomic mass is 10.2. The Morgan fingerprint density at radius 3 is 2.31 bits per heavy atom. The van der Waals surface area contributed by atoms with Crippen LogP contribution in [0.4, 0.5) is 17.6 Å². The van der Waals surface area contributed by atoms with Crippen LogP contribution in [0.3, 0.4) is 0 Å². The van der Waals surface area contributed by atoms with Crippen LogP contribution in [0.1, 0.15) is 11.4 Å². The van der Waals surface area contributed by atoms with Gasteiger partial charge in [0.1, 0.15) is 41.4 Å². The summed E-state index contributed by atoms with van der Waals surface area (Å²) in [6, 6.07) is 7.12. The van der Waals surface area contributed by atoms with Gasteiger partial charge in [0.05, 0.1) is 6.07 Å². The summed E-state index contributed by atoms with van der Waals surface area (Å²) in [6.07, 6.45) is 0. The minimum atomic E-state index is -0.918. The second-order valence-electron chi connectivity index (χ2n) is 5.41. The molecule has 2 aromatic carbocycles. The number of ether oxygens (including phenoxy) is 1. The first-order valence-electron chi connectivity index (χ1n) is 7.48. The van der Waals surface area contributed by atoms with Crippen molar-refractivity contribution in [1.82, 2.24) is 9.55 Å². The summed E-state index contributed by atoms with van der Waals surface area (Å²) in [7, 11) is 0. The smallest absolute Gasteiger partial charge is 0.262 e. The maximum atomic E-state index is 13.9. The fourth-order valence-electron chi connectivity index (χ4n) is 2.41. The van der Waals surface area contributed by atoms with Gasteiger partial charge in [-0.3, -0.25) is 9.36 Å². The van der Waals surface area contributed by atoms with Crippen LogP contribution in [0.2, 0.25) is 0 Å². The summed E-state index contributed by atoms with van der Waals surface area (Å²) < 4.78 is 60.3. The molecule has 3 aromatic rings. The summed E-state index contributed by atoms with van der Waals surface area (Å²) in [5.74, 6) is -3.53. The summed E-state index contributed by atoms with van der Waals surface area (Å²) in [5.41, 5.74) is -1.25. The second kappa shape index (κ2) is 6.99. The minimum Gasteiger partial charge on any atom is -0.472 e. The predicted molar refractivity (Wildman–Crippen MR) is 85.2 cm³/mol. The fraction of sp³-hybridized carbons (Fsp3) is 0.111. The van der Waals surface area contributed by atoms with Gasteiger partial charge in [-0.25, -0.2) is 17.6 Å². The van der Waals surface area contributed by atoms with Crippen molar-refractivity contribution in [3.8, 4) is 11.6 Å². The molecular formula is C18H12F4N2O2. The van der Waals surface area contributed by atoms with Gasteiger partial charge in [-0.15, -0.1) is 0 Å². The van der Waals surface area contributed by atoms with Crippen LogP contribution < -0.4 is 10.3 Å². The molecule has 3 rings (SSSR count). The van der Waals surface area contributed by atoms with Crippen molar-refractivity contribution in [3.05, 3.63) is 87.5 Å². The van der Waals surface area contributed by atoms with E-state index in [1.165, 1.54) is 19.1 Å². The summed E-state index contributed by atoms with van der Waals surface area (Å²) in [4.78, 5) is 16.2. The average Bonchev–Trinajstić information content (AvgIpc) is 2.56. The van der Waals surface area contributed by atoms with Gasteiger partial charge in [0.15, 0.2) is 0 Å². The van der Waals surface area contributed by atoms with Crippen molar-refractivity contribution < 1.29 is 22.3 Å². The topological polar surface area (TPSA) is 44.1 Å². The maximum absolute atomic E-state index is 13.9. The molecular weight excluding hydrogens is 352 g/mol. The van der Waals surface area contributed by atoms with Crippen molar-refractivity contribution in [1.29, 1.82) is 0 Å². The van der Waals surface area contributed by atoms with Gasteiger partial charge in [-0.05, 0) is 31.2 Å². The molecule has 0 aliphatic carbocycles. The van der Waals surface area contributed by atoms with Gasteiger partial charge in [0, 0.05) is 11.6 Å². The molecule has 0 amide bonds. The van der Waals surface area contributed by atoms with Crippen LogP contribution >= 0.6 is 0 Å². The molecule has 0 unspecified atom stereocenters. The van der Waals surface area contributed by atoms with Crippen LogP contribution in [0.15, 0.2) is 47.3 Å². The van der Waals surface area contributed by atoms with Crippen molar-refractivity contribution in [2.24, 2.45) is 0 Å². The lowest BCUT2D eigenvalue weighted by Crippen LogP contribution is -2.23. The third kappa shape index (κ3) is 3.44. The quantitative estimate of drug-likeness (QED) is 0.664. The molecule has 4 nitrogen and oxygen atoms in total. The molecule has 0 radical (unpaired) electrons. The van der Waals surface area contributed by atoms with Crippen LogP contribution in [0.5, 0.6) is 5.88 Å². The number of nitrogens with zero attached hydrogens (tertiary/aromatic N) is 2. The highest BCUT2D eigenvalue weighted by Gasteiger charge is 2.16. The number of hydrogen-bond acceptors (Lipinski definition) is 3. The number of aromatic nitrogens is 2. The molecule has 0 atom stereocenters. The largest absolute Gasteiger partial charge is 0.472 e. The Morgan fingerprint density at radius 1 is 1.00 bits per heavy atom. The van der Waals surface area contributed by atoms with E-state index in [2.05, 4.69) is 4.98 Å². The first-order chi connectivity index (χ1) is 12.4. The fourth-order valence-corrected chi connectivity index (χ4v) is 2.41. The van der Waals surface area contributed by atoms with E-state index < -0.39 is 34.5 Å². The SMILES string of the molecule is Cc1nc(OCc2ccc(F)cc2F)cc(=O)n1-c1c(F)cccc1F. The highest BCUT2D eigenvalue weighted by atomic mass is 19.1. The number of benzene rings is 2. The Labute approximate surface area is 145 Å². The van der Waals surface area contributed by atoms with E-state index in [0.29, 0.717) is 6.07 Å². The molecule has 8 heteroatoms. The Morgan fingerprint density at radius 2 is 1.69 bits per heavy atom. The number of halogens is 4. The molecule has 1 aromatic heterocycles. The molecule has 0 bridgehead atoms. The van der Waals surface area contributed by atoms with Crippen LogP contribution in [0, 0.1) is 30.2 Å². The second-order valence-corrected chi connectivity index (χ2v) is 5.41. The Kier molecular flexibility index (Phi) is 4.75. The molecule has 0 aliphatic rings. The standard InChI is InChI=1S/C18H12F4N2O2/c1-10-23-16(26-9-11-5-6-12(19)7-15(11)22)8-17(25)24(10)18-13(20)3-2-4-14(18)21/h2-8H,9H2,1H3. The average molecular weight is 364 g/mol. The lowest BCUT2D eigenvalue weighted by molar-refractivity contribution is 0.285. The first-order valence-corrected chi connectivity index (χ1v) is 7.48. The zero-order valence-electron chi connectivity index (χ0n) is 13.5. The highest BCUT2D eigenvalue weighted by Crippen LogP contribution is 2.18. The summed E-state index contributed by atoms with van der Waals surface area (Å²) >= 11 is 0. The number of aryl methyl sites for hydroxylation is 1. The molecule has 0 saturated carbocycles. The van der Waals surface area contributed by atoms with Crippen molar-refractivity contribution in [2.75, 3.05) is 0 Å². The van der Waals surface area contributed by atoms with Gasteiger partial charge in [0.2, 0.25) is 5.88 Å². The van der Waals surface area contributed by atoms with Crippen LogP contribution in [-0.2, 0) is 6.61 Å². The zero-order valence-corrected chi connectivity index (χ0v) is 13.5. The third-order valence-corrected chi connectivity index (χ3v) is 3.61. The summed E-state index contributed by atoms with van der Waals surface area (Å²) in [5, 5.41) is 0. The number of hydrogen-bond donors (Lipinski definition) is 0. The number of rotatable bonds is 4. The highest BCUT2D eigenvalue weighted by molar-refractivity contribution is 5.37. The van der Waals surface area contributed by atoms with E-state index in [-0.39, 0.29) is 23.9 Å². The predicted octanol–water partition coefficient (Wildman–Crippen LogP) is 3.68. The molecule has 26 heavy (non-hydrogen) atoms. The van der Waals surface area contributed by atoms with E-state index in [4.69, 9.17) is 4.74 Å². The van der Waals surface area contributed by atoms with Crippen molar-refractivity contribution >= 4 is 0 Å². The monoisotopic (exact) mass is 364 g/mol. The van der Waals surface area contributed by atoms with Crippen LogP contribution in [-0.4, -0.2) is 9.55 Å². The molecule has 0 N–H and O–H groups in total. The normalized spacial score (nSPS) is 10.8. The number of para-hydroxylation sites is 1. The molecule has 0 aliphatic heterocycles. The minimum absolute atomic E-state index is 0.0175. The van der Waals surface area contributed by atoms with E-state index in [1.807, 2.05) is 0 Å². The Balaban J connectivity index is 1.92. The zero-order chi connectivity index (χ0) is 18.8. The molecule has 1 heterocycles. The van der Waals surface area contributed by atoms with Crippen LogP contribution in [0.25, 0.3) is 5.69 Å². The van der Waals surface area contributed by atoms with Crippen molar-refractivity contribution in [2.45, 2.75) is 13.5 Å². The van der Waals surface area contributed by atoms with E-state index >= 15 is 0 Å². The van der Waals surface area contributed by atoms with E-state index in [9.17, 15) is 22.4 Å². The molecule has 0 fully saturated rings. The third-order valence-electron chi connectivity index (χ3n) is 3.61. The Hall–Kier alpha value is -3.16. The van der Waals surface area contributed by atoms with E-state index in [1.54, 1.807) is 0 Å². The lowest BCUT2D eigenvalue weighted by Gasteiger charge is -2.13. The van der Waals surface area contributed by atoms with E-state index in [0.717, 1.165) is 28.8 Å². The Bertz CT molecular complexity index is 1010.